The molecule has 1 aromatic heterocycles. The van der Waals surface area contributed by atoms with Gasteiger partial charge in [-0.05, 0) is 52.3 Å². The average molecular weight is 391 g/mol. The van der Waals surface area contributed by atoms with Crippen LogP contribution in [-0.4, -0.2) is 9.55 Å². The van der Waals surface area contributed by atoms with E-state index in [0.29, 0.717) is 5.56 Å². The minimum Gasteiger partial charge on any atom is -0.327 e. The van der Waals surface area contributed by atoms with Gasteiger partial charge in [0.05, 0.1) is 22.7 Å². The van der Waals surface area contributed by atoms with Gasteiger partial charge in [0.25, 0.3) is 0 Å². The third-order valence-corrected chi connectivity index (χ3v) is 4.33. The molecule has 3 rings (SSSR count). The number of halogens is 2. The zero-order valence-electron chi connectivity index (χ0n) is 10.6. The highest BCUT2D eigenvalue weighted by Gasteiger charge is 2.13. The van der Waals surface area contributed by atoms with E-state index in [0.717, 1.165) is 31.4 Å². The van der Waals surface area contributed by atoms with Crippen LogP contribution < -0.4 is 0 Å². The standard InChI is InChI=1S/C15H9Br2N3/c1-20-14-6-9(8-18)2-5-13(14)19-15(20)11-4-3-10(16)7-12(11)17/h2-7H,1H3. The highest BCUT2D eigenvalue weighted by Crippen LogP contribution is 2.32. The van der Waals surface area contributed by atoms with Crippen LogP contribution in [0, 0.1) is 11.3 Å². The Hall–Kier alpha value is -1.64. The second-order valence-electron chi connectivity index (χ2n) is 4.43. The van der Waals surface area contributed by atoms with E-state index in [2.05, 4.69) is 42.9 Å². The molecule has 0 unspecified atom stereocenters. The zero-order chi connectivity index (χ0) is 14.3. The number of hydrogen-bond acceptors (Lipinski definition) is 2. The van der Waals surface area contributed by atoms with Gasteiger partial charge in [0.15, 0.2) is 0 Å². The van der Waals surface area contributed by atoms with E-state index in [-0.39, 0.29) is 0 Å². The molecule has 5 heteroatoms. The topological polar surface area (TPSA) is 41.6 Å². The molecule has 0 radical (unpaired) electrons. The number of nitriles is 1. The summed E-state index contributed by atoms with van der Waals surface area (Å²) < 4.78 is 3.99. The Morgan fingerprint density at radius 3 is 2.65 bits per heavy atom. The van der Waals surface area contributed by atoms with Crippen molar-refractivity contribution < 1.29 is 0 Å². The van der Waals surface area contributed by atoms with Gasteiger partial charge in [-0.1, -0.05) is 15.9 Å². The molecule has 3 nitrogen and oxygen atoms in total. The first-order valence-corrected chi connectivity index (χ1v) is 7.51. The van der Waals surface area contributed by atoms with Crippen LogP contribution in [0.3, 0.4) is 0 Å². The lowest BCUT2D eigenvalue weighted by Gasteiger charge is -2.05. The Morgan fingerprint density at radius 2 is 1.95 bits per heavy atom. The number of aromatic nitrogens is 2. The summed E-state index contributed by atoms with van der Waals surface area (Å²) in [6.45, 7) is 0. The van der Waals surface area contributed by atoms with Gasteiger partial charge in [0, 0.05) is 21.6 Å². The molecule has 2 aromatic carbocycles. The van der Waals surface area contributed by atoms with E-state index in [4.69, 9.17) is 5.26 Å². The molecule has 0 atom stereocenters. The molecule has 0 fully saturated rings. The molecule has 0 saturated heterocycles. The second-order valence-corrected chi connectivity index (χ2v) is 6.20. The van der Waals surface area contributed by atoms with E-state index in [1.165, 1.54) is 0 Å². The maximum absolute atomic E-state index is 8.99. The van der Waals surface area contributed by atoms with Crippen LogP contribution in [-0.2, 0) is 7.05 Å². The number of imidazole rings is 1. The van der Waals surface area contributed by atoms with Crippen LogP contribution >= 0.6 is 31.9 Å². The van der Waals surface area contributed by atoms with E-state index >= 15 is 0 Å². The Labute approximate surface area is 133 Å². The first-order chi connectivity index (χ1) is 9.60. The van der Waals surface area contributed by atoms with Crippen molar-refractivity contribution in [2.75, 3.05) is 0 Å². The molecular weight excluding hydrogens is 382 g/mol. The Bertz CT molecular complexity index is 859. The summed E-state index contributed by atoms with van der Waals surface area (Å²) in [5.41, 5.74) is 3.50. The Kier molecular flexibility index (Phi) is 3.36. The first kappa shape index (κ1) is 13.3. The van der Waals surface area contributed by atoms with Crippen molar-refractivity contribution in [2.24, 2.45) is 7.05 Å². The lowest BCUT2D eigenvalue weighted by Crippen LogP contribution is -1.93. The minimum absolute atomic E-state index is 0.641. The van der Waals surface area contributed by atoms with Gasteiger partial charge in [0.2, 0.25) is 0 Å². The van der Waals surface area contributed by atoms with Gasteiger partial charge in [0.1, 0.15) is 5.82 Å². The molecule has 0 bridgehead atoms. The van der Waals surface area contributed by atoms with Crippen molar-refractivity contribution in [1.29, 1.82) is 5.26 Å². The van der Waals surface area contributed by atoms with Crippen LogP contribution in [0.1, 0.15) is 5.56 Å². The SMILES string of the molecule is Cn1c(-c2ccc(Br)cc2Br)nc2ccc(C#N)cc21. The Morgan fingerprint density at radius 1 is 1.15 bits per heavy atom. The summed E-state index contributed by atoms with van der Waals surface area (Å²) in [4.78, 5) is 4.66. The summed E-state index contributed by atoms with van der Waals surface area (Å²) in [7, 11) is 1.96. The number of fused-ring (bicyclic) bond motifs is 1. The zero-order valence-corrected chi connectivity index (χ0v) is 13.7. The maximum Gasteiger partial charge on any atom is 0.142 e. The van der Waals surface area contributed by atoms with Gasteiger partial charge in [-0.15, -0.1) is 0 Å². The fourth-order valence-electron chi connectivity index (χ4n) is 2.17. The molecule has 0 aliphatic heterocycles. The number of benzene rings is 2. The van der Waals surface area contributed by atoms with Crippen molar-refractivity contribution >= 4 is 42.9 Å². The Balaban J connectivity index is 2.27. The minimum atomic E-state index is 0.641. The van der Waals surface area contributed by atoms with Gasteiger partial charge >= 0.3 is 0 Å². The van der Waals surface area contributed by atoms with E-state index in [9.17, 15) is 0 Å². The van der Waals surface area contributed by atoms with E-state index in [1.807, 2.05) is 41.9 Å². The molecule has 0 spiro atoms. The summed E-state index contributed by atoms with van der Waals surface area (Å²) >= 11 is 7.02. The van der Waals surface area contributed by atoms with Crippen LogP contribution in [0.25, 0.3) is 22.4 Å². The monoisotopic (exact) mass is 389 g/mol. The van der Waals surface area contributed by atoms with Crippen LogP contribution in [0.15, 0.2) is 45.3 Å². The molecule has 1 heterocycles. The summed E-state index contributed by atoms with van der Waals surface area (Å²) in [6, 6.07) is 13.7. The number of nitrogens with zero attached hydrogens (tertiary/aromatic N) is 3. The molecule has 3 aromatic rings. The third kappa shape index (κ3) is 2.15. The highest BCUT2D eigenvalue weighted by molar-refractivity contribution is 9.11. The molecule has 0 saturated carbocycles. The molecule has 20 heavy (non-hydrogen) atoms. The van der Waals surface area contributed by atoms with Crippen molar-refractivity contribution in [1.82, 2.24) is 9.55 Å². The molecular formula is C15H9Br2N3. The van der Waals surface area contributed by atoms with E-state index in [1.54, 1.807) is 6.07 Å². The number of aryl methyl sites for hydroxylation is 1. The highest BCUT2D eigenvalue weighted by atomic mass is 79.9. The fourth-order valence-corrected chi connectivity index (χ4v) is 3.40. The largest absolute Gasteiger partial charge is 0.327 e. The van der Waals surface area contributed by atoms with Crippen molar-refractivity contribution in [3.8, 4) is 17.5 Å². The lowest BCUT2D eigenvalue weighted by atomic mass is 10.2. The fraction of sp³-hybridized carbons (Fsp3) is 0.0667. The average Bonchev–Trinajstić information content (AvgIpc) is 2.76. The van der Waals surface area contributed by atoms with Gasteiger partial charge < -0.3 is 4.57 Å². The van der Waals surface area contributed by atoms with Gasteiger partial charge in [-0.3, -0.25) is 0 Å². The van der Waals surface area contributed by atoms with E-state index < -0.39 is 0 Å². The van der Waals surface area contributed by atoms with Crippen molar-refractivity contribution in [3.05, 3.63) is 50.9 Å². The normalized spacial score (nSPS) is 10.7. The maximum atomic E-state index is 8.99. The predicted molar refractivity (Wildman–Crippen MR) is 86.3 cm³/mol. The van der Waals surface area contributed by atoms with Crippen LogP contribution in [0.4, 0.5) is 0 Å². The first-order valence-electron chi connectivity index (χ1n) is 5.92. The predicted octanol–water partition coefficient (Wildman–Crippen LogP) is 4.64. The molecule has 0 aliphatic carbocycles. The van der Waals surface area contributed by atoms with Crippen LogP contribution in [0.5, 0.6) is 0 Å². The number of hydrogen-bond donors (Lipinski definition) is 0. The summed E-state index contributed by atoms with van der Waals surface area (Å²) in [6.07, 6.45) is 0. The smallest absolute Gasteiger partial charge is 0.142 e. The summed E-state index contributed by atoms with van der Waals surface area (Å²) in [5.74, 6) is 0.870. The summed E-state index contributed by atoms with van der Waals surface area (Å²) in [5, 5.41) is 8.99. The van der Waals surface area contributed by atoms with Crippen LogP contribution in [0.2, 0.25) is 0 Å². The van der Waals surface area contributed by atoms with Gasteiger partial charge in [-0.2, -0.15) is 5.26 Å². The number of rotatable bonds is 1. The molecule has 0 aliphatic rings. The lowest BCUT2D eigenvalue weighted by molar-refractivity contribution is 0.958. The quantitative estimate of drug-likeness (QED) is 0.607. The molecule has 98 valence electrons. The van der Waals surface area contributed by atoms with Crippen molar-refractivity contribution in [2.45, 2.75) is 0 Å². The molecule has 0 N–H and O–H groups in total. The van der Waals surface area contributed by atoms with Gasteiger partial charge in [-0.25, -0.2) is 4.98 Å². The third-order valence-electron chi connectivity index (χ3n) is 3.18. The second kappa shape index (κ2) is 5.04. The van der Waals surface area contributed by atoms with Crippen molar-refractivity contribution in [3.63, 3.8) is 0 Å². The molecule has 0 amide bonds.